The van der Waals surface area contributed by atoms with Crippen molar-refractivity contribution < 1.29 is 0 Å². The lowest BCUT2D eigenvalue weighted by molar-refractivity contribution is -0.00127. The van der Waals surface area contributed by atoms with Crippen LogP contribution in [0.4, 0.5) is 0 Å². The third kappa shape index (κ3) is 1.90. The van der Waals surface area contributed by atoms with Gasteiger partial charge in [-0.3, -0.25) is 9.89 Å². The van der Waals surface area contributed by atoms with E-state index in [0.717, 1.165) is 12.3 Å². The summed E-state index contributed by atoms with van der Waals surface area (Å²) in [6, 6.07) is 0. The maximum absolute atomic E-state index is 12.0. The molecule has 2 atom stereocenters. The van der Waals surface area contributed by atoms with Gasteiger partial charge in [0.1, 0.15) is 5.69 Å². The van der Waals surface area contributed by atoms with Gasteiger partial charge >= 0.3 is 0 Å². The summed E-state index contributed by atoms with van der Waals surface area (Å²) >= 11 is 5.06. The molecule has 1 aromatic heterocycles. The number of nitrogens with one attached hydrogen (secondary N) is 1. The molecule has 1 heterocycles. The summed E-state index contributed by atoms with van der Waals surface area (Å²) in [5.41, 5.74) is 1.65. The first kappa shape index (κ1) is 13.4. The van der Waals surface area contributed by atoms with Gasteiger partial charge in [0.2, 0.25) is 4.77 Å². The fraction of sp³-hybridized carbons (Fsp3) is 0.571. The Hall–Kier alpha value is -1.56. The van der Waals surface area contributed by atoms with Gasteiger partial charge in [0, 0.05) is 0 Å². The summed E-state index contributed by atoms with van der Waals surface area (Å²) in [5.74, 6) is 1.33. The number of aromatic amines is 1. The maximum Gasteiger partial charge on any atom is 0.296 e. The molecule has 0 spiro atoms. The van der Waals surface area contributed by atoms with Crippen LogP contribution in [0, 0.1) is 28.9 Å². The molecule has 3 aliphatic rings. The molecule has 2 bridgehead atoms. The molecule has 20 heavy (non-hydrogen) atoms. The van der Waals surface area contributed by atoms with E-state index >= 15 is 0 Å². The highest BCUT2D eigenvalue weighted by atomic mass is 32.1. The third-order valence-corrected chi connectivity index (χ3v) is 5.11. The molecule has 0 aromatic carbocycles. The molecule has 0 radical (unpaired) electrons. The lowest BCUT2D eigenvalue weighted by Crippen LogP contribution is -2.48. The molecule has 5 nitrogen and oxygen atoms in total. The van der Waals surface area contributed by atoms with Gasteiger partial charge in [-0.05, 0) is 54.8 Å². The molecule has 4 rings (SSSR count). The molecule has 0 saturated heterocycles. The highest BCUT2D eigenvalue weighted by Gasteiger charge is 2.50. The van der Waals surface area contributed by atoms with Crippen molar-refractivity contribution in [1.29, 1.82) is 0 Å². The van der Waals surface area contributed by atoms with E-state index in [4.69, 9.17) is 12.2 Å². The quantitative estimate of drug-likeness (QED) is 0.672. The van der Waals surface area contributed by atoms with Crippen molar-refractivity contribution in [1.82, 2.24) is 14.9 Å². The highest BCUT2D eigenvalue weighted by Crippen LogP contribution is 2.58. The Labute approximate surface area is 122 Å². The van der Waals surface area contributed by atoms with Crippen molar-refractivity contribution in [2.75, 3.05) is 0 Å². The SMILES string of the molecule is Cc1n[nH]c(=S)n(/N=C\C2=CC[C@H]3C[C@@H]2C3(C)C)c1=O. The van der Waals surface area contributed by atoms with Gasteiger partial charge in [-0.15, -0.1) is 0 Å². The normalized spacial score (nSPS) is 27.2. The van der Waals surface area contributed by atoms with Crippen LogP contribution in [0.2, 0.25) is 0 Å². The standard InChI is InChI=1S/C14H18N4OS/c1-8-12(19)18(13(20)17-16-8)15-7-9-4-5-10-6-11(9)14(10,2)3/h4,7,10-11H,5-6H2,1-3H3,(H,17,20)/b15-7-/t10-,11-/m0/s1. The number of hydrogen-bond donors (Lipinski definition) is 1. The Morgan fingerprint density at radius 3 is 3.00 bits per heavy atom. The summed E-state index contributed by atoms with van der Waals surface area (Å²) in [6.45, 7) is 6.25. The molecule has 6 heteroatoms. The van der Waals surface area contributed by atoms with Crippen LogP contribution in [0.15, 0.2) is 21.5 Å². The first-order valence-corrected chi connectivity index (χ1v) is 7.25. The van der Waals surface area contributed by atoms with Crippen LogP contribution in [-0.2, 0) is 0 Å². The summed E-state index contributed by atoms with van der Waals surface area (Å²) in [6.07, 6.45) is 6.34. The van der Waals surface area contributed by atoms with Crippen LogP contribution in [0.5, 0.6) is 0 Å². The van der Waals surface area contributed by atoms with Gasteiger partial charge in [-0.1, -0.05) is 19.9 Å². The number of aromatic nitrogens is 3. The topological polar surface area (TPSA) is 63.0 Å². The van der Waals surface area contributed by atoms with Crippen LogP contribution in [0.3, 0.4) is 0 Å². The monoisotopic (exact) mass is 290 g/mol. The van der Waals surface area contributed by atoms with Crippen molar-refractivity contribution in [3.05, 3.63) is 32.5 Å². The number of allylic oxidation sites excluding steroid dienone is 2. The Kier molecular flexibility index (Phi) is 3.01. The molecule has 0 amide bonds. The van der Waals surface area contributed by atoms with E-state index in [1.807, 2.05) is 0 Å². The highest BCUT2D eigenvalue weighted by molar-refractivity contribution is 7.71. The molecule has 0 aliphatic heterocycles. The minimum atomic E-state index is -0.271. The second-order valence-corrected chi connectivity index (χ2v) is 6.61. The second-order valence-electron chi connectivity index (χ2n) is 6.22. The van der Waals surface area contributed by atoms with Crippen LogP contribution in [0.25, 0.3) is 0 Å². The predicted molar refractivity (Wildman–Crippen MR) is 80.4 cm³/mol. The zero-order valence-corrected chi connectivity index (χ0v) is 12.7. The maximum atomic E-state index is 12.0. The average Bonchev–Trinajstić information content (AvgIpc) is 2.43. The molecule has 3 aliphatic carbocycles. The number of H-pyrrole nitrogens is 1. The molecule has 0 unspecified atom stereocenters. The smallest absolute Gasteiger partial charge is 0.265 e. The van der Waals surface area contributed by atoms with E-state index in [2.05, 4.69) is 35.2 Å². The first-order chi connectivity index (χ1) is 9.41. The van der Waals surface area contributed by atoms with Crippen LogP contribution < -0.4 is 5.56 Å². The minimum absolute atomic E-state index is 0.221. The Bertz CT molecular complexity index is 725. The van der Waals surface area contributed by atoms with Crippen molar-refractivity contribution in [3.8, 4) is 0 Å². The zero-order valence-electron chi connectivity index (χ0n) is 11.9. The molecule has 1 N–H and O–H groups in total. The van der Waals surface area contributed by atoms with Gasteiger partial charge in [0.15, 0.2) is 0 Å². The zero-order chi connectivity index (χ0) is 14.5. The summed E-state index contributed by atoms with van der Waals surface area (Å²) in [4.78, 5) is 12.0. The van der Waals surface area contributed by atoms with E-state index < -0.39 is 0 Å². The van der Waals surface area contributed by atoms with Crippen molar-refractivity contribution in [3.63, 3.8) is 0 Å². The van der Waals surface area contributed by atoms with Gasteiger partial charge in [-0.2, -0.15) is 14.9 Å². The minimum Gasteiger partial charge on any atom is -0.265 e. The fourth-order valence-corrected chi connectivity index (χ4v) is 3.42. The van der Waals surface area contributed by atoms with Crippen LogP contribution >= 0.6 is 12.2 Å². The largest absolute Gasteiger partial charge is 0.296 e. The third-order valence-electron chi connectivity index (χ3n) is 4.85. The molecule has 106 valence electrons. The molecular weight excluding hydrogens is 272 g/mol. The van der Waals surface area contributed by atoms with E-state index in [9.17, 15) is 4.79 Å². The van der Waals surface area contributed by atoms with Crippen LogP contribution in [0.1, 0.15) is 32.4 Å². The van der Waals surface area contributed by atoms with E-state index in [-0.39, 0.29) is 10.3 Å². The molecule has 1 aromatic rings. The van der Waals surface area contributed by atoms with E-state index in [1.165, 1.54) is 16.7 Å². The van der Waals surface area contributed by atoms with Gasteiger partial charge < -0.3 is 0 Å². The Morgan fingerprint density at radius 1 is 1.60 bits per heavy atom. The van der Waals surface area contributed by atoms with Crippen molar-refractivity contribution >= 4 is 18.4 Å². The summed E-state index contributed by atoms with van der Waals surface area (Å²) in [7, 11) is 0. The fourth-order valence-electron chi connectivity index (χ4n) is 3.25. The molecule has 1 fully saturated rings. The average molecular weight is 290 g/mol. The lowest BCUT2D eigenvalue weighted by atomic mass is 9.49. The lowest BCUT2D eigenvalue weighted by Gasteiger charge is -2.55. The van der Waals surface area contributed by atoms with Crippen molar-refractivity contribution in [2.45, 2.75) is 33.6 Å². The first-order valence-electron chi connectivity index (χ1n) is 6.84. The second kappa shape index (κ2) is 4.48. The molecule has 1 saturated carbocycles. The number of hydrogen-bond acceptors (Lipinski definition) is 4. The number of nitrogens with zero attached hydrogens (tertiary/aromatic N) is 3. The van der Waals surface area contributed by atoms with E-state index in [0.29, 0.717) is 17.0 Å². The number of aryl methyl sites for hydroxylation is 1. The van der Waals surface area contributed by atoms with Gasteiger partial charge in [0.05, 0.1) is 6.21 Å². The van der Waals surface area contributed by atoms with Gasteiger partial charge in [0.25, 0.3) is 5.56 Å². The Balaban J connectivity index is 1.93. The summed E-state index contributed by atoms with van der Waals surface area (Å²) < 4.78 is 1.43. The predicted octanol–water partition coefficient (Wildman–Crippen LogP) is 2.44. The van der Waals surface area contributed by atoms with Crippen LogP contribution in [-0.4, -0.2) is 21.1 Å². The number of fused-ring (bicyclic) bond motifs is 1. The van der Waals surface area contributed by atoms with Gasteiger partial charge in [-0.25, -0.2) is 0 Å². The van der Waals surface area contributed by atoms with Crippen molar-refractivity contribution in [2.24, 2.45) is 22.4 Å². The molecular formula is C14H18N4OS. The van der Waals surface area contributed by atoms with E-state index in [1.54, 1.807) is 13.1 Å². The Morgan fingerprint density at radius 2 is 2.35 bits per heavy atom. The summed E-state index contributed by atoms with van der Waals surface area (Å²) in [5, 5.41) is 10.7. The number of rotatable bonds is 2.